The molecule has 1 aromatic heterocycles. The monoisotopic (exact) mass is 577 g/mol. The van der Waals surface area contributed by atoms with Gasteiger partial charge in [0.1, 0.15) is 11.9 Å². The molecule has 5 aliphatic rings. The van der Waals surface area contributed by atoms with Gasteiger partial charge in [0, 0.05) is 12.3 Å². The van der Waals surface area contributed by atoms with Crippen LogP contribution in [0, 0.1) is 56.7 Å². The van der Waals surface area contributed by atoms with E-state index >= 15 is 0 Å². The van der Waals surface area contributed by atoms with E-state index in [1.807, 2.05) is 12.1 Å². The second kappa shape index (κ2) is 9.99. The quantitative estimate of drug-likeness (QED) is 0.281. The Morgan fingerprint density at radius 3 is 2.36 bits per heavy atom. The molecule has 5 fully saturated rings. The Kier molecular flexibility index (Phi) is 7.14. The van der Waals surface area contributed by atoms with Crippen LogP contribution in [0.5, 0.6) is 0 Å². The predicted molar refractivity (Wildman–Crippen MR) is 165 cm³/mol. The summed E-state index contributed by atoms with van der Waals surface area (Å²) in [5, 5.41) is 3.32. The third kappa shape index (κ3) is 4.06. The van der Waals surface area contributed by atoms with E-state index in [1.165, 1.54) is 31.3 Å². The first-order valence-corrected chi connectivity index (χ1v) is 16.8. The Labute approximate surface area is 254 Å². The summed E-state index contributed by atoms with van der Waals surface area (Å²) < 4.78 is 11.5. The van der Waals surface area contributed by atoms with Gasteiger partial charge in [-0.2, -0.15) is 0 Å². The number of hydrogen-bond donors (Lipinski definition) is 1. The number of fused-ring (bicyclic) bond motifs is 7. The van der Waals surface area contributed by atoms with Gasteiger partial charge in [-0.3, -0.25) is 9.59 Å². The summed E-state index contributed by atoms with van der Waals surface area (Å²) in [5.74, 6) is 3.39. The molecular weight excluding hydrogens is 522 g/mol. The molecule has 0 unspecified atom stereocenters. The molecule has 5 nitrogen and oxygen atoms in total. The molecule has 0 aromatic carbocycles. The lowest BCUT2D eigenvalue weighted by Gasteiger charge is -2.72. The highest BCUT2D eigenvalue weighted by atomic mass is 16.5. The second-order valence-corrected chi connectivity index (χ2v) is 16.6. The summed E-state index contributed by atoms with van der Waals surface area (Å²) in [7, 11) is 0. The van der Waals surface area contributed by atoms with Gasteiger partial charge in [0.2, 0.25) is 5.91 Å². The molecule has 42 heavy (non-hydrogen) atoms. The van der Waals surface area contributed by atoms with Crippen LogP contribution in [-0.2, 0) is 20.9 Å². The lowest BCUT2D eigenvalue weighted by Crippen LogP contribution is -2.67. The number of hydrogen-bond acceptors (Lipinski definition) is 4. The molecule has 0 bridgehead atoms. The first-order chi connectivity index (χ1) is 19.7. The van der Waals surface area contributed by atoms with Crippen LogP contribution >= 0.6 is 0 Å². The van der Waals surface area contributed by atoms with Crippen molar-refractivity contribution in [1.29, 1.82) is 0 Å². The van der Waals surface area contributed by atoms with E-state index < -0.39 is 0 Å². The second-order valence-electron chi connectivity index (χ2n) is 16.6. The molecule has 1 amide bonds. The molecule has 1 N–H and O–H groups in total. The lowest BCUT2D eigenvalue weighted by atomic mass is 9.32. The van der Waals surface area contributed by atoms with Gasteiger partial charge in [-0.05, 0) is 129 Å². The van der Waals surface area contributed by atoms with E-state index in [0.717, 1.165) is 44.3 Å². The predicted octanol–water partition coefficient (Wildman–Crippen LogP) is 8.49. The zero-order chi connectivity index (χ0) is 30.3. The number of ether oxygens (including phenoxy) is 1. The van der Waals surface area contributed by atoms with Crippen molar-refractivity contribution >= 4 is 11.9 Å². The summed E-state index contributed by atoms with van der Waals surface area (Å²) in [5.41, 5.74) is 1.58. The maximum absolute atomic E-state index is 14.2. The van der Waals surface area contributed by atoms with Gasteiger partial charge >= 0.3 is 5.97 Å². The van der Waals surface area contributed by atoms with Crippen molar-refractivity contribution in [3.8, 4) is 0 Å². The van der Waals surface area contributed by atoms with E-state index in [0.29, 0.717) is 36.1 Å². The summed E-state index contributed by atoms with van der Waals surface area (Å²) in [6.45, 7) is 21.3. The Balaban J connectivity index is 1.32. The Hall–Kier alpha value is -2.04. The van der Waals surface area contributed by atoms with E-state index in [2.05, 4.69) is 53.4 Å². The summed E-state index contributed by atoms with van der Waals surface area (Å²) in [6.07, 6.45) is 12.8. The van der Waals surface area contributed by atoms with Crippen LogP contribution in [0.1, 0.15) is 118 Å². The average Bonchev–Trinajstić information content (AvgIpc) is 3.58. The number of furan rings is 1. The normalized spacial score (nSPS) is 45.5. The summed E-state index contributed by atoms with van der Waals surface area (Å²) in [4.78, 5) is 26.2. The van der Waals surface area contributed by atoms with Crippen LogP contribution in [0.4, 0.5) is 0 Å². The molecule has 0 spiro atoms. The minimum Gasteiger partial charge on any atom is -0.467 e. The fraction of sp³-hybridized carbons (Fsp3) is 0.784. The standard InChI is InChI=1S/C37H55NO4/c1-23(2)26-13-18-37(32(40)38-22-25-10-9-21-41-25)20-19-35(7)27(31(26)37)11-12-29-34(6)16-15-30(42-24(3)39)33(4,5)28(34)14-17-36(29,35)8/h9-10,21,26-31H,1,11-20,22H2,2-8H3,(H,38,40)/t26-,27+,28-,29+,30-,31+,34-,35+,36+,37-/m0/s1. The Bertz CT molecular complexity index is 1230. The van der Waals surface area contributed by atoms with Gasteiger partial charge in [0.05, 0.1) is 18.2 Å². The molecule has 0 saturated heterocycles. The van der Waals surface area contributed by atoms with Crippen LogP contribution in [0.25, 0.3) is 0 Å². The first kappa shape index (κ1) is 30.0. The number of amides is 1. The van der Waals surface area contributed by atoms with Crippen LogP contribution in [0.3, 0.4) is 0 Å². The topological polar surface area (TPSA) is 68.5 Å². The zero-order valence-corrected chi connectivity index (χ0v) is 27.3. The van der Waals surface area contributed by atoms with Gasteiger partial charge in [0.15, 0.2) is 0 Å². The minimum atomic E-state index is -0.311. The number of allylic oxidation sites excluding steroid dienone is 1. The van der Waals surface area contributed by atoms with Crippen molar-refractivity contribution < 1.29 is 18.7 Å². The van der Waals surface area contributed by atoms with Gasteiger partial charge in [0.25, 0.3) is 0 Å². The third-order valence-corrected chi connectivity index (χ3v) is 14.8. The van der Waals surface area contributed by atoms with E-state index in [-0.39, 0.29) is 45.1 Å². The number of nitrogens with one attached hydrogen (secondary N) is 1. The average molecular weight is 578 g/mol. The molecular formula is C37H55NO4. The van der Waals surface area contributed by atoms with Crippen molar-refractivity contribution in [2.24, 2.45) is 56.7 Å². The van der Waals surface area contributed by atoms with Crippen molar-refractivity contribution in [3.63, 3.8) is 0 Å². The highest BCUT2D eigenvalue weighted by Crippen LogP contribution is 2.77. The van der Waals surface area contributed by atoms with Gasteiger partial charge in [-0.15, -0.1) is 0 Å². The molecule has 10 atom stereocenters. The molecule has 1 heterocycles. The number of carbonyl (C=O) groups excluding carboxylic acids is 2. The van der Waals surface area contributed by atoms with Crippen LogP contribution < -0.4 is 5.32 Å². The SMILES string of the molecule is C=C(C)[C@@H]1CC[C@]2(C(=O)NCc3ccco3)CC[C@]3(C)[C@H](CC[C@@H]4[C@@]5(C)CC[C@H](OC(C)=O)C(C)(C)[C@@H]5CC[C@]43C)[C@@H]12. The number of rotatable bonds is 5. The molecule has 6 rings (SSSR count). The van der Waals surface area contributed by atoms with Crippen molar-refractivity contribution in [2.45, 2.75) is 125 Å². The zero-order valence-electron chi connectivity index (χ0n) is 27.3. The minimum absolute atomic E-state index is 0.00848. The number of esters is 1. The molecule has 0 radical (unpaired) electrons. The van der Waals surface area contributed by atoms with Crippen molar-refractivity contribution in [3.05, 3.63) is 36.3 Å². The molecule has 5 heteroatoms. The highest BCUT2D eigenvalue weighted by Gasteiger charge is 2.72. The molecule has 232 valence electrons. The Morgan fingerprint density at radius 2 is 1.69 bits per heavy atom. The van der Waals surface area contributed by atoms with Gasteiger partial charge < -0.3 is 14.5 Å². The Morgan fingerprint density at radius 1 is 0.929 bits per heavy atom. The van der Waals surface area contributed by atoms with E-state index in [1.54, 1.807) is 13.2 Å². The third-order valence-electron chi connectivity index (χ3n) is 14.8. The van der Waals surface area contributed by atoms with Crippen LogP contribution in [0.2, 0.25) is 0 Å². The molecule has 0 aliphatic heterocycles. The first-order valence-electron chi connectivity index (χ1n) is 16.8. The van der Waals surface area contributed by atoms with Crippen LogP contribution in [-0.4, -0.2) is 18.0 Å². The maximum atomic E-state index is 14.2. The summed E-state index contributed by atoms with van der Waals surface area (Å²) >= 11 is 0. The largest absolute Gasteiger partial charge is 0.467 e. The smallest absolute Gasteiger partial charge is 0.302 e. The molecule has 5 saturated carbocycles. The van der Waals surface area contributed by atoms with Gasteiger partial charge in [-0.1, -0.05) is 46.8 Å². The van der Waals surface area contributed by atoms with E-state index in [9.17, 15) is 9.59 Å². The molecule has 5 aliphatic carbocycles. The van der Waals surface area contributed by atoms with Gasteiger partial charge in [-0.25, -0.2) is 0 Å². The molecule has 1 aromatic rings. The maximum Gasteiger partial charge on any atom is 0.302 e. The summed E-state index contributed by atoms with van der Waals surface area (Å²) in [6, 6.07) is 3.83. The fourth-order valence-corrected chi connectivity index (χ4v) is 12.7. The van der Waals surface area contributed by atoms with Crippen molar-refractivity contribution in [2.75, 3.05) is 0 Å². The number of carbonyl (C=O) groups is 2. The van der Waals surface area contributed by atoms with E-state index in [4.69, 9.17) is 9.15 Å². The fourth-order valence-electron chi connectivity index (χ4n) is 12.7. The highest BCUT2D eigenvalue weighted by molar-refractivity contribution is 5.83. The van der Waals surface area contributed by atoms with Crippen LogP contribution in [0.15, 0.2) is 35.0 Å². The van der Waals surface area contributed by atoms with Crippen molar-refractivity contribution in [1.82, 2.24) is 5.32 Å². The lowest BCUT2D eigenvalue weighted by molar-refractivity contribution is -0.248.